The molecule has 0 radical (unpaired) electrons. The smallest absolute Gasteiger partial charge is 0.123 e. The molecular formula is C18H16FIN2. The zero-order valence-electron chi connectivity index (χ0n) is 12.0. The minimum atomic E-state index is -0.197. The van der Waals surface area contributed by atoms with E-state index in [9.17, 15) is 4.39 Å². The van der Waals surface area contributed by atoms with Crippen LogP contribution in [0.25, 0.3) is 22.4 Å². The van der Waals surface area contributed by atoms with Crippen LogP contribution in [0.15, 0.2) is 54.9 Å². The zero-order chi connectivity index (χ0) is 14.2. The van der Waals surface area contributed by atoms with Gasteiger partial charge in [-0.05, 0) is 66.4 Å². The lowest BCUT2D eigenvalue weighted by molar-refractivity contribution is 0.628. The first-order chi connectivity index (χ1) is 10.3. The second-order valence-corrected chi connectivity index (χ2v) is 5.40. The summed E-state index contributed by atoms with van der Waals surface area (Å²) < 4.78 is 15.6. The Hall–Kier alpha value is -1.69. The summed E-state index contributed by atoms with van der Waals surface area (Å²) in [5, 5.41) is 0. The number of hydrogen-bond acceptors (Lipinski definition) is 1. The van der Waals surface area contributed by atoms with E-state index in [0.29, 0.717) is 0 Å². The Kier molecular flexibility index (Phi) is 4.29. The van der Waals surface area contributed by atoms with Crippen LogP contribution in [0.1, 0.15) is 12.1 Å². The van der Waals surface area contributed by atoms with E-state index >= 15 is 0 Å². The van der Waals surface area contributed by atoms with Gasteiger partial charge in [-0.3, -0.25) is 4.98 Å². The fourth-order valence-electron chi connectivity index (χ4n) is 3.15. The van der Waals surface area contributed by atoms with Gasteiger partial charge in [-0.25, -0.2) is 4.39 Å². The fourth-order valence-corrected chi connectivity index (χ4v) is 3.15. The van der Waals surface area contributed by atoms with Crippen molar-refractivity contribution in [2.24, 2.45) is 0 Å². The molecule has 0 saturated heterocycles. The number of nitrogens with zero attached hydrogens (tertiary/aromatic N) is 2. The number of pyridine rings is 1. The van der Waals surface area contributed by atoms with Crippen molar-refractivity contribution < 1.29 is 4.39 Å². The number of aryl methyl sites for hydroxylation is 1. The number of aromatic nitrogens is 2. The van der Waals surface area contributed by atoms with Gasteiger partial charge in [-0.1, -0.05) is 0 Å². The van der Waals surface area contributed by atoms with Gasteiger partial charge in [0.15, 0.2) is 0 Å². The lowest BCUT2D eigenvalue weighted by Crippen LogP contribution is -1.96. The second kappa shape index (κ2) is 6.20. The maximum Gasteiger partial charge on any atom is 0.123 e. The molecule has 22 heavy (non-hydrogen) atoms. The van der Waals surface area contributed by atoms with Gasteiger partial charge < -0.3 is 4.57 Å². The molecule has 1 aliphatic heterocycles. The van der Waals surface area contributed by atoms with Crippen molar-refractivity contribution in [1.82, 2.24) is 9.55 Å². The third kappa shape index (κ3) is 2.56. The van der Waals surface area contributed by atoms with Crippen LogP contribution >= 0.6 is 24.0 Å². The van der Waals surface area contributed by atoms with Crippen molar-refractivity contribution in [3.63, 3.8) is 0 Å². The molecule has 3 aromatic rings. The summed E-state index contributed by atoms with van der Waals surface area (Å²) in [7, 11) is 0. The molecule has 1 aliphatic rings. The Labute approximate surface area is 146 Å². The highest BCUT2D eigenvalue weighted by atomic mass is 127. The van der Waals surface area contributed by atoms with Gasteiger partial charge in [-0.15, -0.1) is 24.0 Å². The molecule has 1 aromatic carbocycles. The van der Waals surface area contributed by atoms with Crippen LogP contribution in [0.2, 0.25) is 0 Å². The molecule has 0 spiro atoms. The predicted molar refractivity (Wildman–Crippen MR) is 96.8 cm³/mol. The molecule has 2 nitrogen and oxygen atoms in total. The molecule has 3 heterocycles. The van der Waals surface area contributed by atoms with Crippen molar-refractivity contribution in [3.8, 4) is 22.4 Å². The Balaban J connectivity index is 0.00000144. The monoisotopic (exact) mass is 406 g/mol. The van der Waals surface area contributed by atoms with E-state index in [0.717, 1.165) is 24.1 Å². The molecule has 2 aromatic heterocycles. The van der Waals surface area contributed by atoms with Crippen LogP contribution in [0.4, 0.5) is 4.39 Å². The third-order valence-corrected chi connectivity index (χ3v) is 4.11. The van der Waals surface area contributed by atoms with Gasteiger partial charge in [-0.2, -0.15) is 0 Å². The number of benzene rings is 1. The van der Waals surface area contributed by atoms with Gasteiger partial charge in [0, 0.05) is 30.2 Å². The van der Waals surface area contributed by atoms with Crippen molar-refractivity contribution in [3.05, 3.63) is 66.4 Å². The zero-order valence-corrected chi connectivity index (χ0v) is 14.3. The standard InChI is InChI=1S/C18H15FN2.HI/c19-15-5-3-14(4-6-15)18-17(13-7-9-20-10-8-13)12-16-2-1-11-21(16)18;/h3-10,12H,1-2,11H2;1H. The van der Waals surface area contributed by atoms with Crippen LogP contribution in [-0.2, 0) is 13.0 Å². The summed E-state index contributed by atoms with van der Waals surface area (Å²) in [6, 6.07) is 13.1. The first-order valence-electron chi connectivity index (χ1n) is 7.22. The Morgan fingerprint density at radius 3 is 2.41 bits per heavy atom. The van der Waals surface area contributed by atoms with Crippen LogP contribution in [-0.4, -0.2) is 9.55 Å². The van der Waals surface area contributed by atoms with E-state index in [1.54, 1.807) is 0 Å². The molecule has 0 bridgehead atoms. The topological polar surface area (TPSA) is 17.8 Å². The Morgan fingerprint density at radius 1 is 0.955 bits per heavy atom. The minimum absolute atomic E-state index is 0. The molecular weight excluding hydrogens is 390 g/mol. The lowest BCUT2D eigenvalue weighted by Gasteiger charge is -2.10. The summed E-state index contributed by atoms with van der Waals surface area (Å²) in [4.78, 5) is 4.09. The predicted octanol–water partition coefficient (Wildman–Crippen LogP) is 4.92. The largest absolute Gasteiger partial charge is 0.344 e. The van der Waals surface area contributed by atoms with Crippen molar-refractivity contribution in [2.75, 3.05) is 0 Å². The molecule has 0 saturated carbocycles. The Morgan fingerprint density at radius 2 is 1.68 bits per heavy atom. The maximum absolute atomic E-state index is 13.2. The third-order valence-electron chi connectivity index (χ3n) is 4.11. The highest BCUT2D eigenvalue weighted by Gasteiger charge is 2.21. The maximum atomic E-state index is 13.2. The molecule has 0 aliphatic carbocycles. The number of halogens is 2. The number of hydrogen-bond donors (Lipinski definition) is 0. The summed E-state index contributed by atoms with van der Waals surface area (Å²) in [5.41, 5.74) is 5.98. The van der Waals surface area contributed by atoms with E-state index in [-0.39, 0.29) is 29.8 Å². The van der Waals surface area contributed by atoms with Gasteiger partial charge in [0.05, 0.1) is 5.69 Å². The molecule has 4 rings (SSSR count). The molecule has 0 fully saturated rings. The van der Waals surface area contributed by atoms with Crippen LogP contribution in [0.3, 0.4) is 0 Å². The van der Waals surface area contributed by atoms with Crippen molar-refractivity contribution in [2.45, 2.75) is 19.4 Å². The molecule has 0 amide bonds. The average Bonchev–Trinajstić information content (AvgIpc) is 3.10. The fraction of sp³-hybridized carbons (Fsp3) is 0.167. The first kappa shape index (κ1) is 15.2. The SMILES string of the molecule is Fc1ccc(-c2c(-c3ccncc3)cc3n2CCC3)cc1.I. The van der Waals surface area contributed by atoms with Crippen molar-refractivity contribution >= 4 is 24.0 Å². The van der Waals surface area contributed by atoms with Crippen molar-refractivity contribution in [1.29, 1.82) is 0 Å². The van der Waals surface area contributed by atoms with E-state index in [2.05, 4.69) is 15.6 Å². The molecule has 0 atom stereocenters. The van der Waals surface area contributed by atoms with Gasteiger partial charge in [0.2, 0.25) is 0 Å². The highest BCUT2D eigenvalue weighted by molar-refractivity contribution is 14.0. The van der Waals surface area contributed by atoms with Gasteiger partial charge in [0.25, 0.3) is 0 Å². The summed E-state index contributed by atoms with van der Waals surface area (Å²) >= 11 is 0. The number of fused-ring (bicyclic) bond motifs is 1. The molecule has 112 valence electrons. The summed E-state index contributed by atoms with van der Waals surface area (Å²) in [6.45, 7) is 1.03. The van der Waals surface area contributed by atoms with Gasteiger partial charge >= 0.3 is 0 Å². The van der Waals surface area contributed by atoms with Crippen LogP contribution < -0.4 is 0 Å². The van der Waals surface area contributed by atoms with Crippen LogP contribution in [0.5, 0.6) is 0 Å². The number of rotatable bonds is 2. The summed E-state index contributed by atoms with van der Waals surface area (Å²) in [5.74, 6) is -0.197. The van der Waals surface area contributed by atoms with E-state index in [1.807, 2.05) is 36.7 Å². The molecule has 0 unspecified atom stereocenters. The van der Waals surface area contributed by atoms with Crippen LogP contribution in [0, 0.1) is 5.82 Å². The normalized spacial score (nSPS) is 12.8. The van der Waals surface area contributed by atoms with E-state index in [4.69, 9.17) is 0 Å². The first-order valence-corrected chi connectivity index (χ1v) is 7.22. The second-order valence-electron chi connectivity index (χ2n) is 5.40. The van der Waals surface area contributed by atoms with E-state index in [1.165, 1.54) is 35.5 Å². The highest BCUT2D eigenvalue weighted by Crippen LogP contribution is 2.37. The minimum Gasteiger partial charge on any atom is -0.344 e. The average molecular weight is 406 g/mol. The molecule has 0 N–H and O–H groups in total. The lowest BCUT2D eigenvalue weighted by atomic mass is 10.0. The molecule has 4 heteroatoms. The van der Waals surface area contributed by atoms with E-state index < -0.39 is 0 Å². The van der Waals surface area contributed by atoms with Gasteiger partial charge in [0.1, 0.15) is 5.82 Å². The summed E-state index contributed by atoms with van der Waals surface area (Å²) in [6.07, 6.45) is 5.92. The Bertz CT molecular complexity index is 779. The quantitative estimate of drug-likeness (QED) is 0.553.